The van der Waals surface area contributed by atoms with Crippen molar-refractivity contribution in [1.82, 2.24) is 14.7 Å². The van der Waals surface area contributed by atoms with Crippen LogP contribution in [0.5, 0.6) is 0 Å². The number of anilines is 2. The van der Waals surface area contributed by atoms with Crippen molar-refractivity contribution in [2.45, 2.75) is 45.2 Å². The minimum absolute atomic E-state index is 0.160. The number of imide groups is 1. The number of amides is 4. The molecule has 2 aliphatic heterocycles. The van der Waals surface area contributed by atoms with Crippen LogP contribution >= 0.6 is 0 Å². The van der Waals surface area contributed by atoms with E-state index in [0.29, 0.717) is 17.1 Å². The Labute approximate surface area is 156 Å². The van der Waals surface area contributed by atoms with Crippen LogP contribution in [0.4, 0.5) is 16.3 Å². The van der Waals surface area contributed by atoms with Crippen molar-refractivity contribution < 1.29 is 14.4 Å². The Balaban J connectivity index is 1.44. The molecule has 1 fully saturated rings. The largest absolute Gasteiger partial charge is 0.324 e. The zero-order valence-corrected chi connectivity index (χ0v) is 14.9. The SMILES string of the molecule is O=C(Nc1cc2n(n1)CCCC2)Nc1ccccc1CN1C(=O)CCC1=O. The molecule has 0 spiro atoms. The number of aryl methyl sites for hydroxylation is 2. The number of nitrogens with zero attached hydrogens (tertiary/aromatic N) is 3. The molecule has 27 heavy (non-hydrogen) atoms. The lowest BCUT2D eigenvalue weighted by atomic mass is 10.1. The fourth-order valence-corrected chi connectivity index (χ4v) is 3.50. The lowest BCUT2D eigenvalue weighted by Gasteiger charge is -2.17. The number of aromatic nitrogens is 2. The van der Waals surface area contributed by atoms with Gasteiger partial charge in [-0.3, -0.25) is 24.5 Å². The van der Waals surface area contributed by atoms with Gasteiger partial charge in [0.1, 0.15) is 0 Å². The maximum Gasteiger partial charge on any atom is 0.324 e. The van der Waals surface area contributed by atoms with Gasteiger partial charge in [-0.25, -0.2) is 4.79 Å². The molecule has 0 atom stereocenters. The third-order valence-electron chi connectivity index (χ3n) is 4.91. The first-order valence-electron chi connectivity index (χ1n) is 9.16. The molecule has 2 aliphatic rings. The molecule has 4 amide bonds. The summed E-state index contributed by atoms with van der Waals surface area (Å²) in [5.74, 6) is 0.164. The standard InChI is InChI=1S/C19H21N5O3/c25-17-8-9-18(26)23(17)12-13-5-1-2-7-15(13)20-19(27)21-16-11-14-6-3-4-10-24(14)22-16/h1-2,5,7,11H,3-4,6,8-10,12H2,(H2,20,21,22,27). The molecule has 1 saturated heterocycles. The Morgan fingerprint density at radius 3 is 2.59 bits per heavy atom. The van der Waals surface area contributed by atoms with Crippen molar-refractivity contribution in [3.63, 3.8) is 0 Å². The van der Waals surface area contributed by atoms with E-state index < -0.39 is 6.03 Å². The third kappa shape index (κ3) is 3.69. The second kappa shape index (κ2) is 7.22. The molecule has 8 nitrogen and oxygen atoms in total. The lowest BCUT2D eigenvalue weighted by Crippen LogP contribution is -2.29. The summed E-state index contributed by atoms with van der Waals surface area (Å²) in [6.45, 7) is 1.03. The van der Waals surface area contributed by atoms with Gasteiger partial charge in [-0.15, -0.1) is 0 Å². The second-order valence-corrected chi connectivity index (χ2v) is 6.81. The summed E-state index contributed by atoms with van der Waals surface area (Å²) in [6, 6.07) is 8.64. The molecule has 1 aromatic heterocycles. The molecule has 0 unspecified atom stereocenters. The fraction of sp³-hybridized carbons (Fsp3) is 0.368. The topological polar surface area (TPSA) is 96.3 Å². The van der Waals surface area contributed by atoms with Gasteiger partial charge in [-0.1, -0.05) is 18.2 Å². The molecule has 1 aromatic carbocycles. The third-order valence-corrected chi connectivity index (χ3v) is 4.91. The number of carbonyl (C=O) groups excluding carboxylic acids is 3. The van der Waals surface area contributed by atoms with Gasteiger partial charge >= 0.3 is 6.03 Å². The molecule has 140 valence electrons. The molecule has 0 saturated carbocycles. The van der Waals surface area contributed by atoms with E-state index in [0.717, 1.165) is 31.5 Å². The molecule has 2 N–H and O–H groups in total. The van der Waals surface area contributed by atoms with E-state index in [1.807, 2.05) is 16.8 Å². The zero-order chi connectivity index (χ0) is 18.8. The van der Waals surface area contributed by atoms with Crippen LogP contribution in [0, 0.1) is 0 Å². The highest BCUT2D eigenvalue weighted by Gasteiger charge is 2.29. The summed E-state index contributed by atoms with van der Waals surface area (Å²) in [6.07, 6.45) is 3.71. The van der Waals surface area contributed by atoms with Crippen molar-refractivity contribution in [1.29, 1.82) is 0 Å². The zero-order valence-electron chi connectivity index (χ0n) is 14.9. The van der Waals surface area contributed by atoms with Gasteiger partial charge < -0.3 is 5.32 Å². The monoisotopic (exact) mass is 367 g/mol. The minimum Gasteiger partial charge on any atom is -0.307 e. The molecule has 2 aromatic rings. The van der Waals surface area contributed by atoms with Crippen LogP contribution in [0.25, 0.3) is 0 Å². The molecular weight excluding hydrogens is 346 g/mol. The van der Waals surface area contributed by atoms with Gasteiger partial charge in [0.25, 0.3) is 0 Å². The smallest absolute Gasteiger partial charge is 0.307 e. The molecule has 4 rings (SSSR count). The number of para-hydroxylation sites is 1. The summed E-state index contributed by atoms with van der Waals surface area (Å²) < 4.78 is 1.93. The quantitative estimate of drug-likeness (QED) is 0.812. The summed E-state index contributed by atoms with van der Waals surface area (Å²) in [5, 5.41) is 9.96. The average Bonchev–Trinajstić information content (AvgIpc) is 3.20. The Morgan fingerprint density at radius 1 is 1.04 bits per heavy atom. The molecule has 3 heterocycles. The average molecular weight is 367 g/mol. The van der Waals surface area contributed by atoms with Gasteiger partial charge in [0.15, 0.2) is 5.82 Å². The second-order valence-electron chi connectivity index (χ2n) is 6.81. The first kappa shape index (κ1) is 17.3. The first-order chi connectivity index (χ1) is 13.1. The summed E-state index contributed by atoms with van der Waals surface area (Å²) in [7, 11) is 0. The Hall–Kier alpha value is -3.16. The normalized spacial score (nSPS) is 16.4. The van der Waals surface area contributed by atoms with Crippen molar-refractivity contribution in [2.24, 2.45) is 0 Å². The first-order valence-corrected chi connectivity index (χ1v) is 9.16. The molecule has 0 radical (unpaired) electrons. The van der Waals surface area contributed by atoms with E-state index in [-0.39, 0.29) is 31.2 Å². The Bertz CT molecular complexity index is 865. The Morgan fingerprint density at radius 2 is 1.81 bits per heavy atom. The number of hydrogen-bond donors (Lipinski definition) is 2. The summed E-state index contributed by atoms with van der Waals surface area (Å²) in [4.78, 5) is 37.3. The van der Waals surface area contributed by atoms with Gasteiger partial charge in [0, 0.05) is 36.8 Å². The van der Waals surface area contributed by atoms with E-state index in [4.69, 9.17) is 0 Å². The van der Waals surface area contributed by atoms with Crippen molar-refractivity contribution in [3.8, 4) is 0 Å². The van der Waals surface area contributed by atoms with Crippen molar-refractivity contribution >= 4 is 29.4 Å². The van der Waals surface area contributed by atoms with Crippen LogP contribution in [0.1, 0.15) is 36.9 Å². The highest BCUT2D eigenvalue weighted by Crippen LogP contribution is 2.22. The number of urea groups is 1. The van der Waals surface area contributed by atoms with Crippen LogP contribution in [0.2, 0.25) is 0 Å². The highest BCUT2D eigenvalue weighted by atomic mass is 16.2. The number of benzene rings is 1. The van der Waals surface area contributed by atoms with E-state index in [1.54, 1.807) is 18.2 Å². The van der Waals surface area contributed by atoms with E-state index in [9.17, 15) is 14.4 Å². The maximum absolute atomic E-state index is 12.4. The maximum atomic E-state index is 12.4. The van der Waals surface area contributed by atoms with Crippen LogP contribution in [-0.4, -0.2) is 32.5 Å². The van der Waals surface area contributed by atoms with Gasteiger partial charge in [0.05, 0.1) is 6.54 Å². The van der Waals surface area contributed by atoms with Gasteiger partial charge in [-0.05, 0) is 30.9 Å². The lowest BCUT2D eigenvalue weighted by molar-refractivity contribution is -0.139. The van der Waals surface area contributed by atoms with Crippen LogP contribution in [0.3, 0.4) is 0 Å². The van der Waals surface area contributed by atoms with Crippen LogP contribution < -0.4 is 10.6 Å². The molecule has 8 heteroatoms. The van der Waals surface area contributed by atoms with Gasteiger partial charge in [-0.2, -0.15) is 5.10 Å². The predicted octanol–water partition coefficient (Wildman–Crippen LogP) is 2.51. The highest BCUT2D eigenvalue weighted by molar-refractivity contribution is 6.02. The Kier molecular flexibility index (Phi) is 4.62. The predicted molar refractivity (Wildman–Crippen MR) is 99.0 cm³/mol. The number of rotatable bonds is 4. The summed E-state index contributed by atoms with van der Waals surface area (Å²) >= 11 is 0. The van der Waals surface area contributed by atoms with Crippen LogP contribution in [-0.2, 0) is 29.1 Å². The molecular formula is C19H21N5O3. The van der Waals surface area contributed by atoms with E-state index in [1.165, 1.54) is 4.90 Å². The van der Waals surface area contributed by atoms with Gasteiger partial charge in [0.2, 0.25) is 11.8 Å². The fourth-order valence-electron chi connectivity index (χ4n) is 3.50. The number of carbonyl (C=O) groups is 3. The molecule has 0 aliphatic carbocycles. The van der Waals surface area contributed by atoms with E-state index >= 15 is 0 Å². The minimum atomic E-state index is -0.406. The molecule has 0 bridgehead atoms. The van der Waals surface area contributed by atoms with E-state index in [2.05, 4.69) is 15.7 Å². The number of fused-ring (bicyclic) bond motifs is 1. The number of nitrogens with one attached hydrogen (secondary N) is 2. The summed E-state index contributed by atoms with van der Waals surface area (Å²) in [5.41, 5.74) is 2.40. The van der Waals surface area contributed by atoms with Crippen molar-refractivity contribution in [3.05, 3.63) is 41.6 Å². The van der Waals surface area contributed by atoms with Crippen LogP contribution in [0.15, 0.2) is 30.3 Å². The number of hydrogen-bond acceptors (Lipinski definition) is 4. The number of likely N-dealkylation sites (tertiary alicyclic amines) is 1. The van der Waals surface area contributed by atoms with Crippen molar-refractivity contribution in [2.75, 3.05) is 10.6 Å².